The van der Waals surface area contributed by atoms with Crippen LogP contribution in [-0.4, -0.2) is 42.3 Å². The summed E-state index contributed by atoms with van der Waals surface area (Å²) in [6, 6.07) is 0. The summed E-state index contributed by atoms with van der Waals surface area (Å²) in [7, 11) is 4.07. The van der Waals surface area contributed by atoms with Crippen LogP contribution in [0.1, 0.15) is 5.01 Å². The van der Waals surface area contributed by atoms with Crippen molar-refractivity contribution in [2.24, 2.45) is 5.73 Å². The highest BCUT2D eigenvalue weighted by atomic mass is 32.1. The summed E-state index contributed by atoms with van der Waals surface area (Å²) in [5.41, 5.74) is 5.41. The predicted octanol–water partition coefficient (Wildman–Crippen LogP) is -0.0297. The first kappa shape index (κ1) is 10.4. The number of nitrogens with zero attached hydrogens (tertiary/aromatic N) is 3. The highest BCUT2D eigenvalue weighted by molar-refractivity contribution is 7.15. The van der Waals surface area contributed by atoms with Crippen molar-refractivity contribution in [3.63, 3.8) is 0 Å². The zero-order valence-electron chi connectivity index (χ0n) is 7.95. The van der Waals surface area contributed by atoms with Crippen molar-refractivity contribution in [3.8, 4) is 0 Å². The van der Waals surface area contributed by atoms with Gasteiger partial charge in [0.15, 0.2) is 0 Å². The van der Waals surface area contributed by atoms with Gasteiger partial charge >= 0.3 is 0 Å². The number of hydrogen-bond donors (Lipinski definition) is 2. The lowest BCUT2D eigenvalue weighted by molar-refractivity contribution is 0.425. The van der Waals surface area contributed by atoms with Gasteiger partial charge in [0, 0.05) is 19.6 Å². The topological polar surface area (TPSA) is 67.1 Å². The monoisotopic (exact) mass is 201 g/mol. The SMILES string of the molecule is CN(C)CCNc1nnc(CN)s1. The standard InChI is InChI=1S/C7H15N5S/c1-12(2)4-3-9-7-11-10-6(5-8)13-7/h3-5,8H2,1-2H3,(H,9,11). The van der Waals surface area contributed by atoms with E-state index in [1.165, 1.54) is 11.3 Å². The summed E-state index contributed by atoms with van der Waals surface area (Å²) in [5.74, 6) is 0. The Morgan fingerprint density at radius 2 is 2.23 bits per heavy atom. The van der Waals surface area contributed by atoms with Gasteiger partial charge in [-0.05, 0) is 14.1 Å². The maximum atomic E-state index is 5.41. The van der Waals surface area contributed by atoms with E-state index in [2.05, 4.69) is 20.4 Å². The molecule has 13 heavy (non-hydrogen) atoms. The molecule has 0 amide bonds. The molecule has 1 heterocycles. The van der Waals surface area contributed by atoms with Gasteiger partial charge in [0.2, 0.25) is 5.13 Å². The lowest BCUT2D eigenvalue weighted by Crippen LogP contribution is -2.20. The van der Waals surface area contributed by atoms with Gasteiger partial charge < -0.3 is 16.0 Å². The lowest BCUT2D eigenvalue weighted by atomic mass is 10.6. The Labute approximate surface area is 82.0 Å². The molecule has 0 fully saturated rings. The second-order valence-electron chi connectivity index (χ2n) is 2.94. The highest BCUT2D eigenvalue weighted by Gasteiger charge is 2.00. The minimum Gasteiger partial charge on any atom is -0.359 e. The number of nitrogens with one attached hydrogen (secondary N) is 1. The second kappa shape index (κ2) is 5.11. The molecule has 0 aliphatic rings. The van der Waals surface area contributed by atoms with Crippen molar-refractivity contribution in [3.05, 3.63) is 5.01 Å². The molecule has 0 aromatic carbocycles. The van der Waals surface area contributed by atoms with Gasteiger partial charge in [-0.3, -0.25) is 0 Å². The molecule has 0 aliphatic carbocycles. The molecule has 74 valence electrons. The molecule has 1 aromatic heterocycles. The molecule has 6 heteroatoms. The Bertz CT molecular complexity index is 247. The molecule has 0 saturated carbocycles. The molecule has 0 radical (unpaired) electrons. The van der Waals surface area contributed by atoms with E-state index in [9.17, 15) is 0 Å². The molecular weight excluding hydrogens is 186 g/mol. The van der Waals surface area contributed by atoms with Gasteiger partial charge in [-0.2, -0.15) is 0 Å². The Hall–Kier alpha value is -0.720. The molecule has 1 aromatic rings. The van der Waals surface area contributed by atoms with Crippen LogP contribution in [0.3, 0.4) is 0 Å². The quantitative estimate of drug-likeness (QED) is 0.700. The third-order valence-electron chi connectivity index (χ3n) is 1.48. The van der Waals surface area contributed by atoms with Gasteiger partial charge in [0.25, 0.3) is 0 Å². The summed E-state index contributed by atoms with van der Waals surface area (Å²) in [6.07, 6.45) is 0. The zero-order chi connectivity index (χ0) is 9.68. The maximum absolute atomic E-state index is 5.41. The Morgan fingerprint density at radius 1 is 1.46 bits per heavy atom. The number of anilines is 1. The zero-order valence-corrected chi connectivity index (χ0v) is 8.77. The molecule has 0 spiro atoms. The average Bonchev–Trinajstić information content (AvgIpc) is 2.52. The normalized spacial score (nSPS) is 10.8. The van der Waals surface area contributed by atoms with E-state index in [0.29, 0.717) is 6.54 Å². The third kappa shape index (κ3) is 3.67. The molecule has 3 N–H and O–H groups in total. The number of nitrogens with two attached hydrogens (primary N) is 1. The van der Waals surface area contributed by atoms with Gasteiger partial charge in [-0.25, -0.2) is 0 Å². The maximum Gasteiger partial charge on any atom is 0.205 e. The summed E-state index contributed by atoms with van der Waals surface area (Å²) in [4.78, 5) is 2.11. The molecule has 0 aliphatic heterocycles. The molecule has 0 atom stereocenters. The summed E-state index contributed by atoms with van der Waals surface area (Å²) >= 11 is 1.51. The summed E-state index contributed by atoms with van der Waals surface area (Å²) < 4.78 is 0. The van der Waals surface area contributed by atoms with Crippen molar-refractivity contribution in [2.45, 2.75) is 6.54 Å². The van der Waals surface area contributed by atoms with E-state index in [-0.39, 0.29) is 0 Å². The molecule has 5 nitrogen and oxygen atoms in total. The number of rotatable bonds is 5. The fourth-order valence-electron chi connectivity index (χ4n) is 0.794. The van der Waals surface area contributed by atoms with Crippen molar-refractivity contribution in [1.29, 1.82) is 0 Å². The largest absolute Gasteiger partial charge is 0.359 e. The summed E-state index contributed by atoms with van der Waals surface area (Å²) in [5, 5.41) is 12.7. The van der Waals surface area contributed by atoms with E-state index < -0.39 is 0 Å². The van der Waals surface area contributed by atoms with Crippen LogP contribution < -0.4 is 11.1 Å². The van der Waals surface area contributed by atoms with E-state index in [4.69, 9.17) is 5.73 Å². The van der Waals surface area contributed by atoms with Gasteiger partial charge in [0.05, 0.1) is 0 Å². The fraction of sp³-hybridized carbons (Fsp3) is 0.714. The number of aromatic nitrogens is 2. The van der Waals surface area contributed by atoms with Crippen molar-refractivity contribution < 1.29 is 0 Å². The minimum absolute atomic E-state index is 0.465. The Balaban J connectivity index is 2.28. The van der Waals surface area contributed by atoms with Crippen LogP contribution in [0.2, 0.25) is 0 Å². The van der Waals surface area contributed by atoms with Gasteiger partial charge in [-0.15, -0.1) is 10.2 Å². The molecule has 1 rings (SSSR count). The van der Waals surface area contributed by atoms with Crippen LogP contribution in [0.5, 0.6) is 0 Å². The van der Waals surface area contributed by atoms with Gasteiger partial charge in [0.1, 0.15) is 5.01 Å². The van der Waals surface area contributed by atoms with E-state index in [1.54, 1.807) is 0 Å². The van der Waals surface area contributed by atoms with Crippen LogP contribution in [0, 0.1) is 0 Å². The first-order chi connectivity index (χ1) is 6.22. The van der Waals surface area contributed by atoms with E-state index >= 15 is 0 Å². The van der Waals surface area contributed by atoms with Crippen molar-refractivity contribution >= 4 is 16.5 Å². The third-order valence-corrected chi connectivity index (χ3v) is 2.38. The van der Waals surface area contributed by atoms with E-state index in [0.717, 1.165) is 23.2 Å². The van der Waals surface area contributed by atoms with Crippen LogP contribution in [0.25, 0.3) is 0 Å². The Morgan fingerprint density at radius 3 is 2.77 bits per heavy atom. The van der Waals surface area contributed by atoms with Crippen molar-refractivity contribution in [2.75, 3.05) is 32.5 Å². The minimum atomic E-state index is 0.465. The van der Waals surface area contributed by atoms with Crippen LogP contribution in [-0.2, 0) is 6.54 Å². The summed E-state index contributed by atoms with van der Waals surface area (Å²) in [6.45, 7) is 2.33. The predicted molar refractivity (Wildman–Crippen MR) is 54.8 cm³/mol. The van der Waals surface area contributed by atoms with Crippen LogP contribution in [0.4, 0.5) is 5.13 Å². The molecular formula is C7H15N5S. The smallest absolute Gasteiger partial charge is 0.205 e. The lowest BCUT2D eigenvalue weighted by Gasteiger charge is -2.08. The average molecular weight is 201 g/mol. The second-order valence-corrected chi connectivity index (χ2v) is 4.00. The number of hydrogen-bond acceptors (Lipinski definition) is 6. The highest BCUT2D eigenvalue weighted by Crippen LogP contribution is 2.13. The molecule has 0 unspecified atom stereocenters. The fourth-order valence-corrected chi connectivity index (χ4v) is 1.44. The first-order valence-corrected chi connectivity index (χ1v) is 4.95. The van der Waals surface area contributed by atoms with Crippen LogP contribution >= 0.6 is 11.3 Å². The van der Waals surface area contributed by atoms with E-state index in [1.807, 2.05) is 14.1 Å². The van der Waals surface area contributed by atoms with Crippen molar-refractivity contribution in [1.82, 2.24) is 15.1 Å². The molecule has 0 bridgehead atoms. The first-order valence-electron chi connectivity index (χ1n) is 4.13. The molecule has 0 saturated heterocycles. The Kier molecular flexibility index (Phi) is 4.07. The van der Waals surface area contributed by atoms with Crippen LogP contribution in [0.15, 0.2) is 0 Å². The van der Waals surface area contributed by atoms with Gasteiger partial charge in [-0.1, -0.05) is 11.3 Å². The number of likely N-dealkylation sites (N-methyl/N-ethyl adjacent to an activating group) is 1.